The summed E-state index contributed by atoms with van der Waals surface area (Å²) in [6, 6.07) is 14.8. The lowest BCUT2D eigenvalue weighted by Crippen LogP contribution is -2.51. The molecule has 10 heteroatoms. The molecule has 4 rings (SSSR count). The van der Waals surface area contributed by atoms with E-state index in [1.807, 2.05) is 36.5 Å². The van der Waals surface area contributed by atoms with Crippen molar-refractivity contribution in [3.8, 4) is 11.3 Å². The Balaban J connectivity index is 1.26. The van der Waals surface area contributed by atoms with Crippen molar-refractivity contribution in [2.24, 2.45) is 0 Å². The average Bonchev–Trinajstić information content (AvgIpc) is 3.17. The summed E-state index contributed by atoms with van der Waals surface area (Å²) in [5.74, 6) is -1.00. The molecule has 1 fully saturated rings. The molecule has 1 aromatic heterocycles. The van der Waals surface area contributed by atoms with Gasteiger partial charge in [0.1, 0.15) is 16.4 Å². The van der Waals surface area contributed by atoms with Crippen molar-refractivity contribution in [2.45, 2.75) is 17.4 Å². The van der Waals surface area contributed by atoms with Gasteiger partial charge in [-0.05, 0) is 12.1 Å². The topological polar surface area (TPSA) is 97.2 Å². The first kappa shape index (κ1) is 20.2. The third-order valence-electron chi connectivity index (χ3n) is 4.93. The van der Waals surface area contributed by atoms with Crippen LogP contribution < -0.4 is 4.72 Å². The van der Waals surface area contributed by atoms with E-state index in [9.17, 15) is 17.6 Å². The van der Waals surface area contributed by atoms with Gasteiger partial charge in [0.25, 0.3) is 0 Å². The van der Waals surface area contributed by atoms with Crippen molar-refractivity contribution in [1.29, 1.82) is 0 Å². The Hall–Kier alpha value is -3.11. The van der Waals surface area contributed by atoms with Gasteiger partial charge >= 0.3 is 0 Å². The molecule has 8 nitrogen and oxygen atoms in total. The van der Waals surface area contributed by atoms with E-state index < -0.39 is 20.7 Å². The number of benzene rings is 2. The van der Waals surface area contributed by atoms with E-state index in [0.29, 0.717) is 13.1 Å². The largest absolute Gasteiger partial charge is 0.338 e. The number of hydrogen-bond acceptors (Lipinski definition) is 5. The molecule has 2 heterocycles. The number of carbonyl (C=O) groups excluding carboxylic acids is 1. The highest BCUT2D eigenvalue weighted by Crippen LogP contribution is 2.23. The summed E-state index contributed by atoms with van der Waals surface area (Å²) in [6.45, 7) is 0.866. The number of halogens is 1. The van der Waals surface area contributed by atoms with Gasteiger partial charge in [-0.15, -0.1) is 5.10 Å². The maximum absolute atomic E-state index is 13.7. The lowest BCUT2D eigenvalue weighted by molar-refractivity contribution is -0.137. The number of likely N-dealkylation sites (tertiary alicyclic amines) is 1. The zero-order valence-electron chi connectivity index (χ0n) is 16.0. The zero-order valence-corrected chi connectivity index (χ0v) is 16.8. The number of nitrogens with zero attached hydrogens (tertiary/aromatic N) is 4. The smallest absolute Gasteiger partial charge is 0.243 e. The van der Waals surface area contributed by atoms with Crippen LogP contribution in [0.3, 0.4) is 0 Å². The van der Waals surface area contributed by atoms with Crippen LogP contribution in [-0.2, 0) is 14.8 Å². The second kappa shape index (κ2) is 8.33. The molecule has 1 aliphatic heterocycles. The minimum atomic E-state index is -4.00. The molecule has 0 spiro atoms. The van der Waals surface area contributed by atoms with Gasteiger partial charge < -0.3 is 4.90 Å². The van der Waals surface area contributed by atoms with Crippen LogP contribution in [0.5, 0.6) is 0 Å². The lowest BCUT2D eigenvalue weighted by atomic mass is 10.1. The fraction of sp³-hybridized carbons (Fsp3) is 0.250. The van der Waals surface area contributed by atoms with Gasteiger partial charge in [0.05, 0.1) is 12.2 Å². The van der Waals surface area contributed by atoms with Crippen molar-refractivity contribution in [2.75, 3.05) is 19.6 Å². The molecule has 0 bridgehead atoms. The van der Waals surface area contributed by atoms with Gasteiger partial charge in [-0.2, -0.15) is 0 Å². The van der Waals surface area contributed by atoms with Crippen LogP contribution >= 0.6 is 0 Å². The normalized spacial score (nSPS) is 14.5. The van der Waals surface area contributed by atoms with Crippen LogP contribution in [0, 0.1) is 5.82 Å². The van der Waals surface area contributed by atoms with Crippen LogP contribution in [0.2, 0.25) is 0 Å². The average molecular weight is 429 g/mol. The third-order valence-corrected chi connectivity index (χ3v) is 6.42. The molecule has 1 aliphatic rings. The summed E-state index contributed by atoms with van der Waals surface area (Å²) >= 11 is 0. The lowest BCUT2D eigenvalue weighted by Gasteiger charge is -2.38. The Morgan fingerprint density at radius 3 is 2.53 bits per heavy atom. The van der Waals surface area contributed by atoms with E-state index in [1.54, 1.807) is 9.58 Å². The summed E-state index contributed by atoms with van der Waals surface area (Å²) in [4.78, 5) is 13.5. The molecule has 3 aromatic rings. The number of rotatable bonds is 7. The second-order valence-electron chi connectivity index (χ2n) is 6.98. The monoisotopic (exact) mass is 429 g/mol. The molecule has 0 atom stereocenters. The molecular weight excluding hydrogens is 409 g/mol. The van der Waals surface area contributed by atoms with Gasteiger partial charge in [0.2, 0.25) is 15.9 Å². The third kappa shape index (κ3) is 4.24. The number of carbonyl (C=O) groups is 1. The van der Waals surface area contributed by atoms with Crippen LogP contribution in [0.1, 0.15) is 12.5 Å². The zero-order chi connectivity index (χ0) is 21.1. The van der Waals surface area contributed by atoms with Crippen LogP contribution in [-0.4, -0.2) is 53.9 Å². The maximum atomic E-state index is 13.7. The van der Waals surface area contributed by atoms with Crippen molar-refractivity contribution in [3.63, 3.8) is 0 Å². The molecule has 1 saturated heterocycles. The quantitative estimate of drug-likeness (QED) is 0.618. The number of nitrogens with one attached hydrogen (secondary N) is 1. The maximum Gasteiger partial charge on any atom is 0.243 e. The predicted molar refractivity (Wildman–Crippen MR) is 107 cm³/mol. The van der Waals surface area contributed by atoms with E-state index in [2.05, 4.69) is 15.0 Å². The summed E-state index contributed by atoms with van der Waals surface area (Å²) in [6.07, 6.45) is 1.84. The van der Waals surface area contributed by atoms with Crippen LogP contribution in [0.25, 0.3) is 11.3 Å². The van der Waals surface area contributed by atoms with Crippen LogP contribution in [0.4, 0.5) is 4.39 Å². The minimum absolute atomic E-state index is 0.00692. The van der Waals surface area contributed by atoms with Crippen molar-refractivity contribution >= 4 is 15.9 Å². The van der Waals surface area contributed by atoms with Crippen molar-refractivity contribution < 1.29 is 17.6 Å². The Morgan fingerprint density at radius 2 is 1.80 bits per heavy atom. The summed E-state index contributed by atoms with van der Waals surface area (Å²) < 4.78 is 42.0. The number of hydrogen-bond donors (Lipinski definition) is 1. The van der Waals surface area contributed by atoms with Gasteiger partial charge in [0.15, 0.2) is 0 Å². The molecule has 30 heavy (non-hydrogen) atoms. The Kier molecular flexibility index (Phi) is 5.60. The fourth-order valence-corrected chi connectivity index (χ4v) is 4.32. The van der Waals surface area contributed by atoms with Gasteiger partial charge in [-0.1, -0.05) is 47.7 Å². The number of sulfonamides is 1. The highest BCUT2D eigenvalue weighted by atomic mass is 32.2. The van der Waals surface area contributed by atoms with E-state index >= 15 is 0 Å². The minimum Gasteiger partial charge on any atom is -0.338 e. The summed E-state index contributed by atoms with van der Waals surface area (Å²) in [5.41, 5.74) is 1.74. The van der Waals surface area contributed by atoms with E-state index in [0.717, 1.165) is 17.3 Å². The highest BCUT2D eigenvalue weighted by molar-refractivity contribution is 7.89. The molecule has 0 unspecified atom stereocenters. The predicted octanol–water partition coefficient (Wildman–Crippen LogP) is 1.84. The molecule has 1 N–H and O–H groups in total. The molecule has 0 radical (unpaired) electrons. The highest BCUT2D eigenvalue weighted by Gasteiger charge is 2.32. The SMILES string of the molecule is O=C(CCNS(=O)(=O)c1ccccc1F)N1CC(n2cc(-c3ccccc3)nn2)C1. The second-order valence-corrected chi connectivity index (χ2v) is 8.72. The standard InChI is InChI=1S/C20H20FN5O3S/c21-17-8-4-5-9-19(17)30(28,29)22-11-10-20(27)25-12-16(13-25)26-14-18(23-24-26)15-6-2-1-3-7-15/h1-9,14,16,22H,10-13H2. The van der Waals surface area contributed by atoms with Crippen LogP contribution in [0.15, 0.2) is 65.7 Å². The molecule has 156 valence electrons. The molecule has 2 aromatic carbocycles. The number of amides is 1. The van der Waals surface area contributed by atoms with Crippen molar-refractivity contribution in [1.82, 2.24) is 24.6 Å². The van der Waals surface area contributed by atoms with Gasteiger partial charge in [0, 0.05) is 31.6 Å². The fourth-order valence-electron chi connectivity index (χ4n) is 3.21. The number of aromatic nitrogens is 3. The van der Waals surface area contributed by atoms with E-state index in [4.69, 9.17) is 0 Å². The Morgan fingerprint density at radius 1 is 1.10 bits per heavy atom. The Labute approximate surface area is 173 Å². The van der Waals surface area contributed by atoms with Gasteiger partial charge in [-0.25, -0.2) is 22.2 Å². The first-order valence-electron chi connectivity index (χ1n) is 9.43. The summed E-state index contributed by atoms with van der Waals surface area (Å²) in [5, 5.41) is 8.32. The van der Waals surface area contributed by atoms with Gasteiger partial charge in [-0.3, -0.25) is 4.79 Å². The molecule has 0 aliphatic carbocycles. The summed E-state index contributed by atoms with van der Waals surface area (Å²) in [7, 11) is -4.00. The first-order valence-corrected chi connectivity index (χ1v) is 10.9. The Bertz CT molecular complexity index is 1140. The van der Waals surface area contributed by atoms with E-state index in [-0.39, 0.29) is 24.9 Å². The van der Waals surface area contributed by atoms with E-state index in [1.165, 1.54) is 18.2 Å². The first-order chi connectivity index (χ1) is 14.4. The molecule has 1 amide bonds. The molecular formula is C20H20FN5O3S. The molecule has 0 saturated carbocycles. The van der Waals surface area contributed by atoms with Crippen molar-refractivity contribution in [3.05, 3.63) is 66.6 Å².